The quantitative estimate of drug-likeness (QED) is 0.209. The molecule has 0 N–H and O–H groups in total. The van der Waals surface area contributed by atoms with Gasteiger partial charge in [-0.1, -0.05) is 159 Å². The second kappa shape index (κ2) is 14.9. The van der Waals surface area contributed by atoms with Gasteiger partial charge in [0.1, 0.15) is 0 Å². The van der Waals surface area contributed by atoms with Crippen LogP contribution in [0.2, 0.25) is 24.2 Å². The fourth-order valence-electron chi connectivity index (χ4n) is 13.9. The van der Waals surface area contributed by atoms with Crippen molar-refractivity contribution in [3.63, 3.8) is 0 Å². The Morgan fingerprint density at radius 2 is 1.10 bits per heavy atom. The molecule has 290 valence electrons. The van der Waals surface area contributed by atoms with Crippen LogP contribution >= 0.6 is 0 Å². The summed E-state index contributed by atoms with van der Waals surface area (Å²) in [5.74, 6) is 9.21. The second-order valence-electron chi connectivity index (χ2n) is 24.3. The summed E-state index contributed by atoms with van der Waals surface area (Å²) in [7, 11) is -1.55. The summed E-state index contributed by atoms with van der Waals surface area (Å²) in [6.07, 6.45) is 19.3. The van der Waals surface area contributed by atoms with E-state index in [0.29, 0.717) is 10.8 Å². The Balaban J connectivity index is 0.00000504. The van der Waals surface area contributed by atoms with Crippen LogP contribution in [0.3, 0.4) is 0 Å². The zero-order valence-corrected chi connectivity index (χ0v) is 40.4. The Morgan fingerprint density at radius 3 is 1.63 bits per heavy atom. The van der Waals surface area contributed by atoms with E-state index in [1.165, 1.54) is 57.8 Å². The maximum atomic E-state index is 2.97. The van der Waals surface area contributed by atoms with E-state index < -0.39 is 8.07 Å². The maximum Gasteiger partial charge on any atom is 0.0251 e. The van der Waals surface area contributed by atoms with E-state index in [1.807, 2.05) is 0 Å². The molecule has 11 unspecified atom stereocenters. The van der Waals surface area contributed by atoms with Gasteiger partial charge in [0.2, 0.25) is 0 Å². The monoisotopic (exact) mass is 884 g/mol. The minimum absolute atomic E-state index is 0. The summed E-state index contributed by atoms with van der Waals surface area (Å²) in [6, 6.07) is 7.85. The molecule has 0 heterocycles. The Bertz CT molecular complexity index is 1270. The van der Waals surface area contributed by atoms with Gasteiger partial charge in [-0.05, 0) is 130 Å². The number of benzene rings is 1. The zero-order valence-electron chi connectivity index (χ0n) is 36.4. The van der Waals surface area contributed by atoms with Crippen LogP contribution in [-0.2, 0) is 31.9 Å². The van der Waals surface area contributed by atoms with Gasteiger partial charge < -0.3 is 6.42 Å². The van der Waals surface area contributed by atoms with E-state index >= 15 is 0 Å². The normalized spacial score (nSPS) is 38.2. The van der Waals surface area contributed by atoms with Crippen LogP contribution in [0.5, 0.6) is 0 Å². The van der Waals surface area contributed by atoms with Crippen LogP contribution in [0.4, 0.5) is 0 Å². The van der Waals surface area contributed by atoms with Crippen LogP contribution in [-0.4, -0.2) is 8.07 Å². The average molecular weight is 884 g/mol. The van der Waals surface area contributed by atoms with Gasteiger partial charge in [0.05, 0.1) is 0 Å². The maximum absolute atomic E-state index is 2.97. The Kier molecular flexibility index (Phi) is 12.3. The van der Waals surface area contributed by atoms with Crippen LogP contribution in [0.25, 0.3) is 0 Å². The summed E-state index contributed by atoms with van der Waals surface area (Å²) in [6.45, 7) is 38.4. The molecule has 2 heteroatoms. The first-order chi connectivity index (χ1) is 23.0. The SMILES string of the molecule is CC1CC2C(C3CC(C(C)(C)C)CC(C(C)(C)C)C3)CCCC2C1[Si](C)(C)C1[CH-]CC2C(c3cc(C(C)(C)C)cc(C(C)(C)C)c3)CCCC21.[W]. The molecule has 5 aliphatic carbocycles. The van der Waals surface area contributed by atoms with E-state index in [-0.39, 0.29) is 31.9 Å². The Morgan fingerprint density at radius 1 is 0.588 bits per heavy atom. The van der Waals surface area contributed by atoms with Crippen LogP contribution in [0.15, 0.2) is 18.2 Å². The standard InChI is InChI=1S/C49H83Si.W/c1-31-24-43-39(33-27-36(48(8,9)10)30-37(28-33)49(11,12)13)19-17-21-42(43)45(31)50(14,15)44-23-22-40-38(18-16-20-41(40)44)32-25-34(46(2,3)4)29-35(26-32)47(5,6)7;/h23,25-26,29,31,33,36-45H,16-22,24,27-28,30H2,1-15H3;/q-1;. The Labute approximate surface area is 334 Å². The summed E-state index contributed by atoms with van der Waals surface area (Å²) in [4.78, 5) is 0. The van der Waals surface area contributed by atoms with Crippen molar-refractivity contribution in [2.24, 2.45) is 64.1 Å². The smallest absolute Gasteiger partial charge is 0.0251 e. The molecule has 0 bridgehead atoms. The Hall–Kier alpha value is 0.125. The molecule has 5 aliphatic rings. The third kappa shape index (κ3) is 8.46. The summed E-state index contributed by atoms with van der Waals surface area (Å²) in [5.41, 5.74) is 7.97. The number of rotatable bonds is 4. The fraction of sp³-hybridized carbons (Fsp3) is 0.857. The molecule has 1 aromatic rings. The minimum atomic E-state index is -1.55. The van der Waals surface area contributed by atoms with Crippen molar-refractivity contribution in [1.82, 2.24) is 0 Å². The van der Waals surface area contributed by atoms with Gasteiger partial charge in [0, 0.05) is 29.1 Å². The van der Waals surface area contributed by atoms with Gasteiger partial charge >= 0.3 is 0 Å². The third-order valence-electron chi connectivity index (χ3n) is 16.8. The van der Waals surface area contributed by atoms with E-state index in [0.717, 1.165) is 70.3 Å². The van der Waals surface area contributed by atoms with E-state index in [1.54, 1.807) is 29.5 Å². The minimum Gasteiger partial charge on any atom is -0.327 e. The molecule has 0 saturated heterocycles. The first-order valence-electron chi connectivity index (χ1n) is 22.0. The summed E-state index contributed by atoms with van der Waals surface area (Å²) >= 11 is 0. The number of fused-ring (bicyclic) bond motifs is 2. The molecule has 0 amide bonds. The molecule has 51 heavy (non-hydrogen) atoms. The molecule has 0 radical (unpaired) electrons. The molecule has 0 spiro atoms. The van der Waals surface area contributed by atoms with Crippen molar-refractivity contribution in [2.45, 2.75) is 202 Å². The topological polar surface area (TPSA) is 0 Å². The van der Waals surface area contributed by atoms with Crippen molar-refractivity contribution in [3.05, 3.63) is 41.3 Å². The van der Waals surface area contributed by atoms with Gasteiger partial charge in [0.15, 0.2) is 0 Å². The van der Waals surface area contributed by atoms with Crippen molar-refractivity contribution >= 4 is 8.07 Å². The molecule has 0 aliphatic heterocycles. The first kappa shape index (κ1) is 42.3. The second-order valence-corrected chi connectivity index (χ2v) is 29.3. The first-order valence-corrected chi connectivity index (χ1v) is 25.1. The third-order valence-corrected chi connectivity index (χ3v) is 21.9. The van der Waals surface area contributed by atoms with Gasteiger partial charge in [0.25, 0.3) is 0 Å². The summed E-state index contributed by atoms with van der Waals surface area (Å²) in [5, 5.41) is 0. The fourth-order valence-corrected chi connectivity index (χ4v) is 19.7. The molecule has 0 aromatic heterocycles. The molecule has 0 nitrogen and oxygen atoms in total. The molecular weight excluding hydrogens is 800 g/mol. The molecular formula is C49H83SiW-. The predicted molar refractivity (Wildman–Crippen MR) is 223 cm³/mol. The van der Waals surface area contributed by atoms with Crippen molar-refractivity contribution < 1.29 is 21.1 Å². The van der Waals surface area contributed by atoms with Crippen molar-refractivity contribution in [3.8, 4) is 0 Å². The van der Waals surface area contributed by atoms with Gasteiger partial charge in [-0.3, -0.25) is 0 Å². The van der Waals surface area contributed by atoms with Crippen molar-refractivity contribution in [2.75, 3.05) is 0 Å². The van der Waals surface area contributed by atoms with Gasteiger partial charge in [-0.25, -0.2) is 0 Å². The van der Waals surface area contributed by atoms with Gasteiger partial charge in [-0.15, -0.1) is 0 Å². The van der Waals surface area contributed by atoms with Crippen LogP contribution in [0.1, 0.15) is 183 Å². The largest absolute Gasteiger partial charge is 0.327 e. The van der Waals surface area contributed by atoms with E-state index in [4.69, 9.17) is 0 Å². The van der Waals surface area contributed by atoms with Crippen LogP contribution < -0.4 is 0 Å². The van der Waals surface area contributed by atoms with Crippen LogP contribution in [0, 0.1) is 70.5 Å². The van der Waals surface area contributed by atoms with Crippen molar-refractivity contribution in [1.29, 1.82) is 0 Å². The number of hydrogen-bond acceptors (Lipinski definition) is 0. The van der Waals surface area contributed by atoms with Gasteiger partial charge in [-0.2, -0.15) is 12.0 Å². The number of hydrogen-bond donors (Lipinski definition) is 0. The average Bonchev–Trinajstić information content (AvgIpc) is 3.60. The zero-order chi connectivity index (χ0) is 36.8. The summed E-state index contributed by atoms with van der Waals surface area (Å²) < 4.78 is 0. The van der Waals surface area contributed by atoms with E-state index in [2.05, 4.69) is 128 Å². The molecule has 5 fully saturated rings. The molecule has 6 rings (SSSR count). The molecule has 5 saturated carbocycles. The predicted octanol–water partition coefficient (Wildman–Crippen LogP) is 15.0. The molecule has 1 aromatic carbocycles. The van der Waals surface area contributed by atoms with E-state index in [9.17, 15) is 0 Å². The molecule has 11 atom stereocenters.